The molecule has 104 valence electrons. The Morgan fingerprint density at radius 2 is 1.90 bits per heavy atom. The van der Waals surface area contributed by atoms with Crippen molar-refractivity contribution in [3.8, 4) is 0 Å². The quantitative estimate of drug-likeness (QED) is 0.903. The molecule has 2 rings (SSSR count). The van der Waals surface area contributed by atoms with Crippen LogP contribution in [-0.4, -0.2) is 10.9 Å². The summed E-state index contributed by atoms with van der Waals surface area (Å²) < 4.78 is 14.0. The van der Waals surface area contributed by atoms with Gasteiger partial charge in [-0.1, -0.05) is 6.07 Å². The number of pyridine rings is 1. The van der Waals surface area contributed by atoms with E-state index in [0.29, 0.717) is 11.3 Å². The fraction of sp³-hybridized carbons (Fsp3) is 0.200. The third-order valence-corrected chi connectivity index (χ3v) is 2.86. The van der Waals surface area contributed by atoms with Gasteiger partial charge in [0, 0.05) is 34.7 Å². The highest BCUT2D eigenvalue weighted by Gasteiger charge is 2.20. The zero-order chi connectivity index (χ0) is 14.8. The van der Waals surface area contributed by atoms with Gasteiger partial charge < -0.3 is 11.1 Å². The summed E-state index contributed by atoms with van der Waals surface area (Å²) in [5.41, 5.74) is 6.29. The van der Waals surface area contributed by atoms with E-state index in [1.54, 1.807) is 44.4 Å². The summed E-state index contributed by atoms with van der Waals surface area (Å²) in [6.07, 6.45) is 3.13. The number of carbonyl (C=O) groups excluding carboxylic acids is 1. The second-order valence-corrected chi connectivity index (χ2v) is 5.11. The van der Waals surface area contributed by atoms with Crippen molar-refractivity contribution in [2.24, 2.45) is 5.73 Å². The molecule has 0 aliphatic rings. The molecule has 0 saturated heterocycles. The molecule has 3 N–H and O–H groups in total. The molecule has 0 aliphatic heterocycles. The molecule has 20 heavy (non-hydrogen) atoms. The molecule has 1 heterocycles. The molecule has 0 aliphatic carbocycles. The molecule has 0 spiro atoms. The lowest BCUT2D eigenvalue weighted by Gasteiger charge is -2.20. The van der Waals surface area contributed by atoms with Gasteiger partial charge in [0.15, 0.2) is 0 Å². The lowest BCUT2D eigenvalue weighted by atomic mass is 9.94. The minimum Gasteiger partial charge on any atom is -0.322 e. The SMILES string of the molecule is CC(C)(N)c1ccc(C(=O)Nc2ccncc2)cc1F. The number of nitrogens with one attached hydrogen (secondary N) is 1. The molecule has 0 fully saturated rings. The molecular weight excluding hydrogens is 257 g/mol. The summed E-state index contributed by atoms with van der Waals surface area (Å²) in [7, 11) is 0. The van der Waals surface area contributed by atoms with E-state index in [1.165, 1.54) is 12.1 Å². The van der Waals surface area contributed by atoms with Gasteiger partial charge in [-0.3, -0.25) is 9.78 Å². The topological polar surface area (TPSA) is 68.0 Å². The van der Waals surface area contributed by atoms with E-state index >= 15 is 0 Å². The van der Waals surface area contributed by atoms with E-state index in [1.807, 2.05) is 0 Å². The number of hydrogen-bond acceptors (Lipinski definition) is 3. The van der Waals surface area contributed by atoms with Crippen LogP contribution in [-0.2, 0) is 5.54 Å². The number of nitrogens with two attached hydrogens (primary N) is 1. The molecule has 1 aromatic heterocycles. The first-order valence-corrected chi connectivity index (χ1v) is 6.18. The fourth-order valence-electron chi connectivity index (χ4n) is 1.82. The van der Waals surface area contributed by atoms with Crippen LogP contribution in [0, 0.1) is 5.82 Å². The van der Waals surface area contributed by atoms with Crippen molar-refractivity contribution in [1.82, 2.24) is 4.98 Å². The average molecular weight is 273 g/mol. The van der Waals surface area contributed by atoms with Crippen molar-refractivity contribution in [2.75, 3.05) is 5.32 Å². The maximum absolute atomic E-state index is 14.0. The summed E-state index contributed by atoms with van der Waals surface area (Å²) in [5, 5.41) is 2.67. The largest absolute Gasteiger partial charge is 0.322 e. The number of carbonyl (C=O) groups is 1. The first kappa shape index (κ1) is 14.1. The highest BCUT2D eigenvalue weighted by atomic mass is 19.1. The number of nitrogens with zero attached hydrogens (tertiary/aromatic N) is 1. The average Bonchev–Trinajstić information content (AvgIpc) is 2.38. The highest BCUT2D eigenvalue weighted by molar-refractivity contribution is 6.04. The molecule has 2 aromatic rings. The molecule has 1 aromatic carbocycles. The number of aromatic nitrogens is 1. The van der Waals surface area contributed by atoms with Gasteiger partial charge in [-0.05, 0) is 38.1 Å². The Bertz CT molecular complexity index is 621. The van der Waals surface area contributed by atoms with E-state index in [-0.39, 0.29) is 11.5 Å². The van der Waals surface area contributed by atoms with Crippen LogP contribution in [0.1, 0.15) is 29.8 Å². The molecule has 5 heteroatoms. The van der Waals surface area contributed by atoms with E-state index in [4.69, 9.17) is 5.73 Å². The van der Waals surface area contributed by atoms with Gasteiger partial charge in [0.2, 0.25) is 0 Å². The predicted octanol–water partition coefficient (Wildman–Crippen LogP) is 2.67. The van der Waals surface area contributed by atoms with Gasteiger partial charge in [0.05, 0.1) is 0 Å². The lowest BCUT2D eigenvalue weighted by molar-refractivity contribution is 0.102. The molecule has 0 radical (unpaired) electrons. The summed E-state index contributed by atoms with van der Waals surface area (Å²) in [6, 6.07) is 7.61. The molecule has 1 amide bonds. The Kier molecular flexibility index (Phi) is 3.81. The Balaban J connectivity index is 2.22. The van der Waals surface area contributed by atoms with Gasteiger partial charge in [-0.15, -0.1) is 0 Å². The van der Waals surface area contributed by atoms with Gasteiger partial charge in [0.1, 0.15) is 5.82 Å². The van der Waals surface area contributed by atoms with Gasteiger partial charge in [0.25, 0.3) is 5.91 Å². The van der Waals surface area contributed by atoms with Crippen LogP contribution in [0.4, 0.5) is 10.1 Å². The zero-order valence-electron chi connectivity index (χ0n) is 11.4. The number of halogens is 1. The van der Waals surface area contributed by atoms with Crippen LogP contribution in [0.15, 0.2) is 42.7 Å². The van der Waals surface area contributed by atoms with Crippen LogP contribution in [0.3, 0.4) is 0 Å². The smallest absolute Gasteiger partial charge is 0.255 e. The monoisotopic (exact) mass is 273 g/mol. The zero-order valence-corrected chi connectivity index (χ0v) is 11.4. The standard InChI is InChI=1S/C15H16FN3O/c1-15(2,17)12-4-3-10(9-13(12)16)14(20)19-11-5-7-18-8-6-11/h3-9H,17H2,1-2H3,(H,18,19,20). The second-order valence-electron chi connectivity index (χ2n) is 5.11. The Hall–Kier alpha value is -2.27. The highest BCUT2D eigenvalue weighted by Crippen LogP contribution is 2.21. The van der Waals surface area contributed by atoms with Gasteiger partial charge in [-0.2, -0.15) is 0 Å². The summed E-state index contributed by atoms with van der Waals surface area (Å²) >= 11 is 0. The summed E-state index contributed by atoms with van der Waals surface area (Å²) in [5.74, 6) is -0.864. The fourth-order valence-corrected chi connectivity index (χ4v) is 1.82. The van der Waals surface area contributed by atoms with Crippen LogP contribution >= 0.6 is 0 Å². The molecule has 0 unspecified atom stereocenters. The van der Waals surface area contributed by atoms with Crippen molar-refractivity contribution in [3.63, 3.8) is 0 Å². The van der Waals surface area contributed by atoms with Crippen molar-refractivity contribution < 1.29 is 9.18 Å². The van der Waals surface area contributed by atoms with Crippen molar-refractivity contribution in [3.05, 3.63) is 59.7 Å². The first-order chi connectivity index (χ1) is 9.38. The van der Waals surface area contributed by atoms with Crippen molar-refractivity contribution >= 4 is 11.6 Å². The normalized spacial score (nSPS) is 11.2. The summed E-state index contributed by atoms with van der Waals surface area (Å²) in [4.78, 5) is 15.9. The molecule has 0 bridgehead atoms. The van der Waals surface area contributed by atoms with Crippen LogP contribution in [0.25, 0.3) is 0 Å². The summed E-state index contributed by atoms with van der Waals surface area (Å²) in [6.45, 7) is 3.42. The predicted molar refractivity (Wildman–Crippen MR) is 75.8 cm³/mol. The second kappa shape index (κ2) is 5.38. The van der Waals surface area contributed by atoms with Crippen LogP contribution in [0.5, 0.6) is 0 Å². The number of amides is 1. The third-order valence-electron chi connectivity index (χ3n) is 2.86. The number of benzene rings is 1. The Morgan fingerprint density at radius 1 is 1.25 bits per heavy atom. The lowest BCUT2D eigenvalue weighted by Crippen LogP contribution is -2.30. The van der Waals surface area contributed by atoms with Gasteiger partial charge in [-0.25, -0.2) is 4.39 Å². The maximum Gasteiger partial charge on any atom is 0.255 e. The molecule has 4 nitrogen and oxygen atoms in total. The van der Waals surface area contributed by atoms with Crippen LogP contribution < -0.4 is 11.1 Å². The molecule has 0 saturated carbocycles. The Labute approximate surface area is 116 Å². The van der Waals surface area contributed by atoms with E-state index in [2.05, 4.69) is 10.3 Å². The van der Waals surface area contributed by atoms with Gasteiger partial charge >= 0.3 is 0 Å². The van der Waals surface area contributed by atoms with E-state index in [0.717, 1.165) is 0 Å². The number of rotatable bonds is 3. The minimum atomic E-state index is -0.788. The minimum absolute atomic E-state index is 0.243. The van der Waals surface area contributed by atoms with Crippen molar-refractivity contribution in [2.45, 2.75) is 19.4 Å². The number of hydrogen-bond donors (Lipinski definition) is 2. The Morgan fingerprint density at radius 3 is 2.45 bits per heavy atom. The maximum atomic E-state index is 14.0. The first-order valence-electron chi connectivity index (χ1n) is 6.18. The van der Waals surface area contributed by atoms with E-state index < -0.39 is 11.4 Å². The number of anilines is 1. The third kappa shape index (κ3) is 3.19. The molecule has 0 atom stereocenters. The van der Waals surface area contributed by atoms with Crippen LogP contribution in [0.2, 0.25) is 0 Å². The molecular formula is C15H16FN3O. The van der Waals surface area contributed by atoms with E-state index in [9.17, 15) is 9.18 Å². The van der Waals surface area contributed by atoms with Crippen molar-refractivity contribution in [1.29, 1.82) is 0 Å².